The highest BCUT2D eigenvalue weighted by Gasteiger charge is 2.29. The Kier molecular flexibility index (Phi) is 4.86. The fourth-order valence-corrected chi connectivity index (χ4v) is 3.87. The molecule has 102 valence electrons. The Morgan fingerprint density at radius 1 is 1.50 bits per heavy atom. The Labute approximate surface area is 123 Å². The first-order valence-corrected chi connectivity index (χ1v) is 8.32. The van der Waals surface area contributed by atoms with Crippen LogP contribution in [0.3, 0.4) is 0 Å². The van der Waals surface area contributed by atoms with Gasteiger partial charge in [-0.2, -0.15) is 0 Å². The molecule has 1 aliphatic heterocycles. The van der Waals surface area contributed by atoms with Gasteiger partial charge in [0.1, 0.15) is 0 Å². The van der Waals surface area contributed by atoms with Crippen molar-refractivity contribution in [3.63, 3.8) is 0 Å². The number of halogens is 1. The van der Waals surface area contributed by atoms with Crippen molar-refractivity contribution < 1.29 is 0 Å². The van der Waals surface area contributed by atoms with Crippen LogP contribution in [0.1, 0.15) is 37.6 Å². The monoisotopic (exact) mass is 330 g/mol. The van der Waals surface area contributed by atoms with Crippen LogP contribution in [0.4, 0.5) is 0 Å². The number of thiophene rings is 1. The van der Waals surface area contributed by atoms with Crippen LogP contribution >= 0.6 is 27.3 Å². The Morgan fingerprint density at radius 2 is 2.17 bits per heavy atom. The molecule has 0 amide bonds. The van der Waals surface area contributed by atoms with Gasteiger partial charge in [-0.15, -0.1) is 11.3 Å². The molecule has 2 heterocycles. The van der Waals surface area contributed by atoms with E-state index in [9.17, 15) is 0 Å². The molecule has 1 aliphatic rings. The summed E-state index contributed by atoms with van der Waals surface area (Å²) in [5.41, 5.74) is 0.468. The lowest BCUT2D eigenvalue weighted by atomic mass is 9.80. The minimum absolute atomic E-state index is 0.456. The Bertz CT molecular complexity index is 383. The molecule has 1 aromatic rings. The van der Waals surface area contributed by atoms with Gasteiger partial charge in [0.15, 0.2) is 0 Å². The zero-order chi connectivity index (χ0) is 13.2. The number of hydrogen-bond acceptors (Lipinski definition) is 3. The molecule has 0 aliphatic carbocycles. The molecule has 18 heavy (non-hydrogen) atoms. The summed E-state index contributed by atoms with van der Waals surface area (Å²) >= 11 is 5.35. The average molecular weight is 331 g/mol. The predicted molar refractivity (Wildman–Crippen MR) is 83.3 cm³/mol. The molecule has 4 heteroatoms. The molecule has 0 aromatic carbocycles. The smallest absolute Gasteiger partial charge is 0.0386 e. The van der Waals surface area contributed by atoms with Gasteiger partial charge < -0.3 is 10.2 Å². The van der Waals surface area contributed by atoms with E-state index in [1.165, 1.54) is 35.3 Å². The van der Waals surface area contributed by atoms with Crippen LogP contribution in [-0.4, -0.2) is 31.6 Å². The first-order chi connectivity index (χ1) is 8.48. The largest absolute Gasteiger partial charge is 0.309 e. The van der Waals surface area contributed by atoms with Crippen molar-refractivity contribution in [1.29, 1.82) is 0 Å². The van der Waals surface area contributed by atoms with Crippen molar-refractivity contribution in [3.8, 4) is 0 Å². The molecule has 1 atom stereocenters. The van der Waals surface area contributed by atoms with E-state index >= 15 is 0 Å². The minimum Gasteiger partial charge on any atom is -0.309 e. The van der Waals surface area contributed by atoms with Gasteiger partial charge in [0.05, 0.1) is 0 Å². The number of likely N-dealkylation sites (tertiary alicyclic amines) is 1. The lowest BCUT2D eigenvalue weighted by molar-refractivity contribution is 0.134. The molecule has 1 aromatic heterocycles. The van der Waals surface area contributed by atoms with E-state index in [1.54, 1.807) is 0 Å². The van der Waals surface area contributed by atoms with Crippen LogP contribution in [0.25, 0.3) is 0 Å². The highest BCUT2D eigenvalue weighted by molar-refractivity contribution is 9.10. The predicted octanol–water partition coefficient (Wildman–Crippen LogP) is 3.89. The van der Waals surface area contributed by atoms with Crippen LogP contribution < -0.4 is 5.32 Å². The minimum atomic E-state index is 0.456. The van der Waals surface area contributed by atoms with Crippen LogP contribution in [0.2, 0.25) is 0 Å². The fourth-order valence-electron chi connectivity index (χ4n) is 2.39. The Balaban J connectivity index is 1.84. The Morgan fingerprint density at radius 3 is 2.72 bits per heavy atom. The van der Waals surface area contributed by atoms with Crippen molar-refractivity contribution in [3.05, 3.63) is 20.8 Å². The molecular formula is C14H23BrN2S. The highest BCUT2D eigenvalue weighted by atomic mass is 79.9. The van der Waals surface area contributed by atoms with E-state index < -0.39 is 0 Å². The standard InChI is InChI=1S/C14H23BrN2S/c1-11(13-8-12(15)9-18-13)16-10-14(2)4-6-17(3)7-5-14/h8-9,11,16H,4-7,10H2,1-3H3. The van der Waals surface area contributed by atoms with E-state index in [1.807, 2.05) is 11.3 Å². The molecule has 0 radical (unpaired) electrons. The van der Waals surface area contributed by atoms with Gasteiger partial charge in [-0.3, -0.25) is 0 Å². The third-order valence-electron chi connectivity index (χ3n) is 4.04. The van der Waals surface area contributed by atoms with Crippen LogP contribution in [0.15, 0.2) is 15.9 Å². The first kappa shape index (κ1) is 14.5. The van der Waals surface area contributed by atoms with Gasteiger partial charge in [-0.1, -0.05) is 6.92 Å². The van der Waals surface area contributed by atoms with E-state index in [0.717, 1.165) is 6.54 Å². The normalized spacial score (nSPS) is 22.0. The SMILES string of the molecule is CC(NCC1(C)CCN(C)CC1)c1cc(Br)cs1. The van der Waals surface area contributed by atoms with Crippen LogP contribution in [-0.2, 0) is 0 Å². The second-order valence-corrected chi connectivity index (χ2v) is 7.74. The maximum absolute atomic E-state index is 3.71. The molecule has 1 saturated heterocycles. The first-order valence-electron chi connectivity index (χ1n) is 6.64. The van der Waals surface area contributed by atoms with Gasteiger partial charge in [0.2, 0.25) is 0 Å². The molecule has 2 rings (SSSR count). The second-order valence-electron chi connectivity index (χ2n) is 5.88. The number of rotatable bonds is 4. The van der Waals surface area contributed by atoms with Gasteiger partial charge in [0.25, 0.3) is 0 Å². The second kappa shape index (κ2) is 6.04. The van der Waals surface area contributed by atoms with Crippen molar-refractivity contribution in [1.82, 2.24) is 10.2 Å². The Hall–Kier alpha value is 0.1000. The maximum atomic E-state index is 3.71. The molecular weight excluding hydrogens is 308 g/mol. The molecule has 1 N–H and O–H groups in total. The van der Waals surface area contributed by atoms with Crippen molar-refractivity contribution >= 4 is 27.3 Å². The summed E-state index contributed by atoms with van der Waals surface area (Å²) in [4.78, 5) is 3.85. The lowest BCUT2D eigenvalue weighted by Crippen LogP contribution is -2.42. The number of nitrogens with one attached hydrogen (secondary N) is 1. The summed E-state index contributed by atoms with van der Waals surface area (Å²) in [5.74, 6) is 0. The molecule has 0 spiro atoms. The maximum Gasteiger partial charge on any atom is 0.0386 e. The summed E-state index contributed by atoms with van der Waals surface area (Å²) in [6.45, 7) is 8.27. The van der Waals surface area contributed by atoms with Gasteiger partial charge in [-0.25, -0.2) is 0 Å². The van der Waals surface area contributed by atoms with Gasteiger partial charge in [-0.05, 0) is 67.3 Å². The zero-order valence-electron chi connectivity index (χ0n) is 11.5. The third-order valence-corrected chi connectivity index (χ3v) is 5.92. The lowest BCUT2D eigenvalue weighted by Gasteiger charge is -2.38. The topological polar surface area (TPSA) is 15.3 Å². The summed E-state index contributed by atoms with van der Waals surface area (Å²) in [6, 6.07) is 2.68. The van der Waals surface area contributed by atoms with E-state index in [4.69, 9.17) is 0 Å². The summed E-state index contributed by atoms with van der Waals surface area (Å²) in [6.07, 6.45) is 2.61. The van der Waals surface area contributed by atoms with E-state index in [0.29, 0.717) is 11.5 Å². The summed E-state index contributed by atoms with van der Waals surface area (Å²) < 4.78 is 1.20. The van der Waals surface area contributed by atoms with Gasteiger partial charge in [0, 0.05) is 27.3 Å². The quantitative estimate of drug-likeness (QED) is 0.900. The average Bonchev–Trinajstić information content (AvgIpc) is 2.77. The third kappa shape index (κ3) is 3.80. The summed E-state index contributed by atoms with van der Waals surface area (Å²) in [7, 11) is 2.22. The van der Waals surface area contributed by atoms with E-state index in [2.05, 4.69) is 58.5 Å². The summed E-state index contributed by atoms with van der Waals surface area (Å²) in [5, 5.41) is 5.87. The van der Waals surface area contributed by atoms with Gasteiger partial charge >= 0.3 is 0 Å². The van der Waals surface area contributed by atoms with Crippen LogP contribution in [0, 0.1) is 5.41 Å². The van der Waals surface area contributed by atoms with Crippen LogP contribution in [0.5, 0.6) is 0 Å². The van der Waals surface area contributed by atoms with Crippen molar-refractivity contribution in [2.45, 2.75) is 32.7 Å². The zero-order valence-corrected chi connectivity index (χ0v) is 13.9. The fraction of sp³-hybridized carbons (Fsp3) is 0.714. The van der Waals surface area contributed by atoms with Crippen molar-refractivity contribution in [2.75, 3.05) is 26.7 Å². The molecule has 0 bridgehead atoms. The molecule has 1 unspecified atom stereocenters. The molecule has 0 saturated carbocycles. The van der Waals surface area contributed by atoms with Crippen molar-refractivity contribution in [2.24, 2.45) is 5.41 Å². The number of hydrogen-bond donors (Lipinski definition) is 1. The molecule has 1 fully saturated rings. The number of piperidine rings is 1. The van der Waals surface area contributed by atoms with E-state index in [-0.39, 0.29) is 0 Å². The molecule has 2 nitrogen and oxygen atoms in total. The number of nitrogens with zero attached hydrogens (tertiary/aromatic N) is 1. The highest BCUT2D eigenvalue weighted by Crippen LogP contribution is 2.31.